The van der Waals surface area contributed by atoms with Crippen LogP contribution >= 0.6 is 0 Å². The maximum absolute atomic E-state index is 3.12. The van der Waals surface area contributed by atoms with Crippen molar-refractivity contribution in [2.24, 2.45) is 0 Å². The quantitative estimate of drug-likeness (QED) is 0.395. The van der Waals surface area contributed by atoms with Crippen molar-refractivity contribution in [2.75, 3.05) is 0 Å². The van der Waals surface area contributed by atoms with Gasteiger partial charge in [0.2, 0.25) is 0 Å². The summed E-state index contributed by atoms with van der Waals surface area (Å²) in [7, 11) is 0. The van der Waals surface area contributed by atoms with Gasteiger partial charge in [0.15, 0.2) is 0 Å². The van der Waals surface area contributed by atoms with Crippen molar-refractivity contribution in [3.63, 3.8) is 0 Å². The summed E-state index contributed by atoms with van der Waals surface area (Å²) in [5, 5.41) is 0. The van der Waals surface area contributed by atoms with Gasteiger partial charge in [-0.05, 0) is 0 Å². The van der Waals surface area contributed by atoms with Gasteiger partial charge in [-0.25, -0.2) is 23.3 Å². The molecule has 2 heteroatoms. The van der Waals surface area contributed by atoms with Gasteiger partial charge in [-0.2, -0.15) is 39.8 Å². The molecule has 0 atom stereocenters. The first-order valence-corrected chi connectivity index (χ1v) is 11.0. The molecule has 0 N–H and O–H groups in total. The normalized spacial score (nSPS) is 13.1. The average molecular weight is 364 g/mol. The molecule has 2 rings (SSSR count). The molecule has 0 unspecified atom stereocenters. The van der Waals surface area contributed by atoms with E-state index in [-0.39, 0.29) is 0 Å². The molecule has 0 nitrogen and oxygen atoms in total. The van der Waals surface area contributed by atoms with E-state index in [1.165, 1.54) is 34.5 Å². The van der Waals surface area contributed by atoms with Gasteiger partial charge in [0.1, 0.15) is 0 Å². The van der Waals surface area contributed by atoms with E-state index in [1.807, 2.05) is 40.5 Å². The second-order valence-corrected chi connectivity index (χ2v) is 4.09. The molecule has 2 radical (unpaired) electrons. The van der Waals surface area contributed by atoms with E-state index in [0.29, 0.717) is 0 Å². The number of allylic oxidation sites excluding steroid dienone is 8. The van der Waals surface area contributed by atoms with E-state index >= 15 is 0 Å². The van der Waals surface area contributed by atoms with E-state index in [0.717, 1.165) is 12.8 Å². The first-order valence-electron chi connectivity index (χ1n) is 6.83. The van der Waals surface area contributed by atoms with Gasteiger partial charge in [-0.3, -0.25) is 12.2 Å². The van der Waals surface area contributed by atoms with Crippen LogP contribution in [0.4, 0.5) is 0 Å². The number of hydrogen-bond donors (Lipinski definition) is 0. The van der Waals surface area contributed by atoms with Gasteiger partial charge < -0.3 is 12.8 Å². The van der Waals surface area contributed by atoms with Crippen LogP contribution < -0.4 is 0 Å². The van der Waals surface area contributed by atoms with Crippen LogP contribution in [0, 0.1) is 25.0 Å². The fourth-order valence-corrected chi connectivity index (χ4v) is 1.03. The van der Waals surface area contributed by atoms with Crippen molar-refractivity contribution in [2.45, 2.75) is 54.4 Å². The summed E-state index contributed by atoms with van der Waals surface area (Å²) in [6.45, 7) is 15.2. The molecule has 0 fully saturated rings. The van der Waals surface area contributed by atoms with Gasteiger partial charge in [-0.1, -0.05) is 13.8 Å². The zero-order valence-electron chi connectivity index (χ0n) is 13.9. The predicted octanol–water partition coefficient (Wildman–Crippen LogP) is 5.47. The second kappa shape index (κ2) is 24.1. The van der Waals surface area contributed by atoms with Gasteiger partial charge >= 0.3 is 30.2 Å². The SMILES string of the molecule is CC1=[C-]CC=C1.CC1=[C-]CC=C1.C[CH-]C.C[CH-]C.[Si]=[Zr]. The van der Waals surface area contributed by atoms with Crippen LogP contribution in [0.25, 0.3) is 0 Å². The van der Waals surface area contributed by atoms with Crippen LogP contribution in [-0.4, -0.2) is 6.88 Å². The van der Waals surface area contributed by atoms with Crippen molar-refractivity contribution >= 4 is 6.88 Å². The van der Waals surface area contributed by atoms with Crippen LogP contribution in [0.5, 0.6) is 0 Å². The van der Waals surface area contributed by atoms with Crippen molar-refractivity contribution < 1.29 is 23.3 Å². The summed E-state index contributed by atoms with van der Waals surface area (Å²) < 4.78 is 0. The molecular weight excluding hydrogens is 336 g/mol. The van der Waals surface area contributed by atoms with Gasteiger partial charge in [0.25, 0.3) is 0 Å². The fraction of sp³-hybridized carbons (Fsp3) is 0.444. The Bertz CT molecular complexity index is 263. The Labute approximate surface area is 144 Å². The molecule has 0 aromatic rings. The third kappa shape index (κ3) is 26.6. The summed E-state index contributed by atoms with van der Waals surface area (Å²) >= 11 is 1.36. The molecule has 20 heavy (non-hydrogen) atoms. The Hall–Kier alpha value is 0.0600. The van der Waals surface area contributed by atoms with E-state index in [9.17, 15) is 0 Å². The van der Waals surface area contributed by atoms with Crippen LogP contribution in [0.3, 0.4) is 0 Å². The number of rotatable bonds is 0. The topological polar surface area (TPSA) is 0 Å². The third-order valence-electron chi connectivity index (χ3n) is 1.73. The molecule has 0 saturated carbocycles. The average Bonchev–Trinajstić information content (AvgIpc) is 3.08. The predicted molar refractivity (Wildman–Crippen MR) is 89.4 cm³/mol. The molecule has 0 saturated heterocycles. The van der Waals surface area contributed by atoms with Gasteiger partial charge in [0, 0.05) is 0 Å². The van der Waals surface area contributed by atoms with E-state index < -0.39 is 0 Å². The van der Waals surface area contributed by atoms with Crippen LogP contribution in [0.1, 0.15) is 54.4 Å². The monoisotopic (exact) mass is 362 g/mol. The molecule has 0 aromatic carbocycles. The molecule has 0 aromatic heterocycles. The van der Waals surface area contributed by atoms with Gasteiger partial charge in [-0.15, -0.1) is 12.8 Å². The van der Waals surface area contributed by atoms with Crippen molar-refractivity contribution in [3.8, 4) is 0 Å². The van der Waals surface area contributed by atoms with E-state index in [2.05, 4.69) is 57.2 Å². The first kappa shape index (κ1) is 25.0. The Balaban J connectivity index is -0.000000195. The van der Waals surface area contributed by atoms with E-state index in [4.69, 9.17) is 0 Å². The van der Waals surface area contributed by atoms with E-state index in [1.54, 1.807) is 0 Å². The van der Waals surface area contributed by atoms with Crippen molar-refractivity contribution in [1.82, 2.24) is 0 Å². The summed E-state index contributed by atoms with van der Waals surface area (Å²) in [4.78, 5) is 0. The molecule has 2 aliphatic rings. The van der Waals surface area contributed by atoms with Crippen LogP contribution in [0.15, 0.2) is 35.5 Å². The van der Waals surface area contributed by atoms with Gasteiger partial charge in [0.05, 0.1) is 0 Å². The summed E-state index contributed by atoms with van der Waals surface area (Å²) in [6, 6.07) is 0. The third-order valence-corrected chi connectivity index (χ3v) is 1.73. The van der Waals surface area contributed by atoms with Crippen LogP contribution in [-0.2, 0) is 23.3 Å². The Morgan fingerprint density at radius 1 is 0.850 bits per heavy atom. The Morgan fingerprint density at radius 2 is 1.10 bits per heavy atom. The molecule has 0 amide bonds. The number of hydrogen-bond acceptors (Lipinski definition) is 0. The summed E-state index contributed by atoms with van der Waals surface area (Å²) in [5.74, 6) is 0. The molecule has 112 valence electrons. The molecular formula is C18H28SiZr-4. The Morgan fingerprint density at radius 3 is 1.15 bits per heavy atom. The molecule has 0 bridgehead atoms. The van der Waals surface area contributed by atoms with Crippen molar-refractivity contribution in [3.05, 3.63) is 60.4 Å². The maximum atomic E-state index is 3.12. The fourth-order valence-electron chi connectivity index (χ4n) is 1.03. The zero-order chi connectivity index (χ0) is 16.2. The standard InChI is InChI=1S/2C6H7.2C3H7.Si.Zr/c2*1-6-4-2-3-5-6;2*1-3-2;;/h2*2,4H,3H2,1H3;2*3H,1-2H3;;/q4*-1;;. The molecule has 0 aliphatic heterocycles. The molecule has 2 aliphatic carbocycles. The summed E-state index contributed by atoms with van der Waals surface area (Å²) in [6.07, 6.45) is 20.7. The minimum absolute atomic E-state index is 1.02. The Kier molecular flexibility index (Phi) is 30.2. The molecule has 0 heterocycles. The first-order chi connectivity index (χ1) is 9.62. The second-order valence-electron chi connectivity index (χ2n) is 4.09. The summed E-state index contributed by atoms with van der Waals surface area (Å²) in [5.41, 5.74) is 2.55. The van der Waals surface area contributed by atoms with Crippen LogP contribution in [0.2, 0.25) is 0 Å². The minimum atomic E-state index is 1.02. The molecule has 0 spiro atoms. The zero-order valence-corrected chi connectivity index (χ0v) is 17.3. The van der Waals surface area contributed by atoms with Crippen molar-refractivity contribution in [1.29, 1.82) is 0 Å².